The number of thioether (sulfide) groups is 1. The molecule has 1 aromatic heterocycles. The number of rotatable bonds is 3. The molecule has 3 unspecified atom stereocenters. The van der Waals surface area contributed by atoms with Gasteiger partial charge in [0.2, 0.25) is 0 Å². The number of benzene rings is 1. The Labute approximate surface area is 172 Å². The minimum atomic E-state index is 0.0343. The summed E-state index contributed by atoms with van der Waals surface area (Å²) in [6.07, 6.45) is 6.71. The van der Waals surface area contributed by atoms with E-state index in [4.69, 9.17) is 28.2 Å². The van der Waals surface area contributed by atoms with Gasteiger partial charge in [0, 0.05) is 22.7 Å². The number of carbonyl (C=O) groups excluding carboxylic acids is 1. The van der Waals surface area contributed by atoms with Gasteiger partial charge in [-0.15, -0.1) is 0 Å². The smallest absolute Gasteiger partial charge is 0.266 e. The number of carbonyl (C=O) groups is 1. The van der Waals surface area contributed by atoms with E-state index in [1.807, 2.05) is 47.4 Å². The van der Waals surface area contributed by atoms with Gasteiger partial charge in [0.15, 0.2) is 0 Å². The van der Waals surface area contributed by atoms with Gasteiger partial charge in [-0.25, -0.2) is 0 Å². The quantitative estimate of drug-likeness (QED) is 0.455. The van der Waals surface area contributed by atoms with Crippen LogP contribution >= 0.6 is 35.6 Å². The molecule has 2 aromatic rings. The molecule has 6 heteroatoms. The molecule has 27 heavy (non-hydrogen) atoms. The van der Waals surface area contributed by atoms with Crippen molar-refractivity contribution in [3.05, 3.63) is 52.1 Å². The van der Waals surface area contributed by atoms with Crippen LogP contribution in [0, 0.1) is 11.8 Å². The molecule has 3 atom stereocenters. The van der Waals surface area contributed by atoms with Crippen LogP contribution in [0.4, 0.5) is 0 Å². The zero-order valence-electron chi connectivity index (χ0n) is 14.6. The molecule has 0 spiro atoms. The molecule has 3 nitrogen and oxygen atoms in total. The van der Waals surface area contributed by atoms with Gasteiger partial charge in [0.1, 0.15) is 15.8 Å². The van der Waals surface area contributed by atoms with Crippen LogP contribution in [0.5, 0.6) is 0 Å². The molecule has 3 fully saturated rings. The second-order valence-corrected chi connectivity index (χ2v) is 9.62. The van der Waals surface area contributed by atoms with Gasteiger partial charge >= 0.3 is 0 Å². The number of fused-ring (bicyclic) bond motifs is 2. The third kappa shape index (κ3) is 3.16. The highest BCUT2D eigenvalue weighted by Crippen LogP contribution is 2.49. The summed E-state index contributed by atoms with van der Waals surface area (Å²) in [6, 6.07) is 11.6. The molecule has 2 bridgehead atoms. The molecule has 3 aliphatic rings. The summed E-state index contributed by atoms with van der Waals surface area (Å²) >= 11 is 12.9. The lowest BCUT2D eigenvalue weighted by Crippen LogP contribution is -2.41. The van der Waals surface area contributed by atoms with Gasteiger partial charge < -0.3 is 4.42 Å². The summed E-state index contributed by atoms with van der Waals surface area (Å²) < 4.78 is 6.61. The van der Waals surface area contributed by atoms with Crippen LogP contribution in [-0.2, 0) is 4.79 Å². The lowest BCUT2D eigenvalue weighted by molar-refractivity contribution is -0.124. The summed E-state index contributed by atoms with van der Waals surface area (Å²) in [5.41, 5.74) is 0.952. The van der Waals surface area contributed by atoms with E-state index >= 15 is 0 Å². The normalized spacial score (nSPS) is 28.7. The zero-order valence-corrected chi connectivity index (χ0v) is 16.9. The van der Waals surface area contributed by atoms with Gasteiger partial charge in [-0.3, -0.25) is 9.69 Å². The maximum atomic E-state index is 13.0. The predicted molar refractivity (Wildman–Crippen MR) is 113 cm³/mol. The minimum Gasteiger partial charge on any atom is -0.457 e. The van der Waals surface area contributed by atoms with Crippen LogP contribution in [0.2, 0.25) is 5.02 Å². The largest absolute Gasteiger partial charge is 0.457 e. The van der Waals surface area contributed by atoms with Crippen LogP contribution in [0.15, 0.2) is 45.7 Å². The molecular formula is C21H18ClNO2S2. The fourth-order valence-corrected chi connectivity index (χ4v) is 6.10. The minimum absolute atomic E-state index is 0.0343. The average Bonchev–Trinajstić information content (AvgIpc) is 3.42. The van der Waals surface area contributed by atoms with E-state index in [9.17, 15) is 4.79 Å². The fraction of sp³-hybridized carbons (Fsp3) is 0.333. The number of amides is 1. The molecule has 2 saturated carbocycles. The van der Waals surface area contributed by atoms with Crippen molar-refractivity contribution < 1.29 is 9.21 Å². The Morgan fingerprint density at radius 2 is 1.96 bits per heavy atom. The Hall–Kier alpha value is -1.56. The van der Waals surface area contributed by atoms with Crippen LogP contribution in [0.1, 0.15) is 31.4 Å². The zero-order chi connectivity index (χ0) is 18.5. The Balaban J connectivity index is 1.37. The molecule has 1 aromatic carbocycles. The van der Waals surface area contributed by atoms with E-state index in [1.165, 1.54) is 31.0 Å². The maximum absolute atomic E-state index is 13.0. The molecule has 2 aliphatic carbocycles. The first kappa shape index (κ1) is 17.5. The van der Waals surface area contributed by atoms with E-state index in [0.29, 0.717) is 32.0 Å². The summed E-state index contributed by atoms with van der Waals surface area (Å²) in [5, 5.41) is 0.690. The highest BCUT2D eigenvalue weighted by atomic mass is 35.5. The third-order valence-corrected chi connectivity index (χ3v) is 7.47. The lowest BCUT2D eigenvalue weighted by atomic mass is 9.94. The Morgan fingerprint density at radius 3 is 2.67 bits per heavy atom. The summed E-state index contributed by atoms with van der Waals surface area (Å²) in [7, 11) is 0. The SMILES string of the molecule is O=C1/C(=C/c2ccc(-c3ccc(Cl)cc3)o2)SC(=S)N1C1CC2CCC1C2. The van der Waals surface area contributed by atoms with E-state index in [-0.39, 0.29) is 5.91 Å². The first-order chi connectivity index (χ1) is 13.1. The first-order valence-electron chi connectivity index (χ1n) is 9.21. The van der Waals surface area contributed by atoms with Crippen LogP contribution in [0.25, 0.3) is 17.4 Å². The average molecular weight is 416 g/mol. The van der Waals surface area contributed by atoms with E-state index in [2.05, 4.69) is 0 Å². The number of nitrogens with zero attached hydrogens (tertiary/aromatic N) is 1. The Bertz CT molecular complexity index is 949. The van der Waals surface area contributed by atoms with Crippen LogP contribution in [0.3, 0.4) is 0 Å². The second-order valence-electron chi connectivity index (χ2n) is 7.50. The Morgan fingerprint density at radius 1 is 1.15 bits per heavy atom. The van der Waals surface area contributed by atoms with Crippen molar-refractivity contribution in [3.63, 3.8) is 0 Å². The molecular weight excluding hydrogens is 398 g/mol. The van der Waals surface area contributed by atoms with Crippen molar-refractivity contribution in [2.45, 2.75) is 31.7 Å². The van der Waals surface area contributed by atoms with Gasteiger partial charge in [-0.1, -0.05) is 42.0 Å². The summed E-state index contributed by atoms with van der Waals surface area (Å²) in [5.74, 6) is 2.85. The van der Waals surface area contributed by atoms with E-state index in [1.54, 1.807) is 0 Å². The van der Waals surface area contributed by atoms with Crippen LogP contribution < -0.4 is 0 Å². The first-order valence-corrected chi connectivity index (χ1v) is 10.8. The molecule has 1 saturated heterocycles. The summed E-state index contributed by atoms with van der Waals surface area (Å²) in [4.78, 5) is 15.5. The third-order valence-electron chi connectivity index (χ3n) is 5.88. The van der Waals surface area contributed by atoms with Crippen molar-refractivity contribution in [1.82, 2.24) is 4.90 Å². The van der Waals surface area contributed by atoms with E-state index in [0.717, 1.165) is 23.7 Å². The number of hydrogen-bond donors (Lipinski definition) is 0. The molecule has 5 rings (SSSR count). The number of thiocarbonyl (C=S) groups is 1. The number of halogens is 1. The van der Waals surface area contributed by atoms with Gasteiger partial charge in [0.25, 0.3) is 5.91 Å². The topological polar surface area (TPSA) is 33.5 Å². The standard InChI is InChI=1S/C21H18ClNO2S2/c22-15-5-3-13(4-6-15)18-8-7-16(25-18)11-19-20(24)23(21(26)27-19)17-10-12-1-2-14(17)9-12/h3-8,11-12,14,17H,1-2,9-10H2/b19-11-. The van der Waals surface area contributed by atoms with Gasteiger partial charge in [0.05, 0.1) is 4.91 Å². The Kier molecular flexibility index (Phi) is 4.42. The lowest BCUT2D eigenvalue weighted by Gasteiger charge is -2.30. The van der Waals surface area contributed by atoms with Crippen molar-refractivity contribution in [2.24, 2.45) is 11.8 Å². The monoisotopic (exact) mass is 415 g/mol. The molecule has 2 heterocycles. The van der Waals surface area contributed by atoms with Crippen molar-refractivity contribution in [1.29, 1.82) is 0 Å². The van der Waals surface area contributed by atoms with Crippen molar-refractivity contribution >= 4 is 51.9 Å². The van der Waals surface area contributed by atoms with E-state index < -0.39 is 0 Å². The highest BCUT2D eigenvalue weighted by molar-refractivity contribution is 8.26. The molecule has 0 N–H and O–H groups in total. The molecule has 1 amide bonds. The number of hydrogen-bond acceptors (Lipinski definition) is 4. The van der Waals surface area contributed by atoms with Gasteiger partial charge in [-0.2, -0.15) is 0 Å². The second kappa shape index (κ2) is 6.80. The van der Waals surface area contributed by atoms with Crippen LogP contribution in [-0.4, -0.2) is 21.2 Å². The maximum Gasteiger partial charge on any atom is 0.266 e. The fourth-order valence-electron chi connectivity index (χ4n) is 4.62. The number of furan rings is 1. The summed E-state index contributed by atoms with van der Waals surface area (Å²) in [6.45, 7) is 0. The van der Waals surface area contributed by atoms with Crippen molar-refractivity contribution in [2.75, 3.05) is 0 Å². The molecule has 138 valence electrons. The molecule has 0 radical (unpaired) electrons. The van der Waals surface area contributed by atoms with Crippen molar-refractivity contribution in [3.8, 4) is 11.3 Å². The predicted octanol–water partition coefficient (Wildman–Crippen LogP) is 5.99. The molecule has 1 aliphatic heterocycles. The van der Waals surface area contributed by atoms with Gasteiger partial charge in [-0.05, 0) is 67.5 Å². The highest BCUT2D eigenvalue weighted by Gasteiger charge is 2.47.